The van der Waals surface area contributed by atoms with Crippen LogP contribution in [-0.2, 0) is 47.1 Å². The molecule has 8 N–H and O–H groups in total. The summed E-state index contributed by atoms with van der Waals surface area (Å²) < 4.78 is 29.5. The van der Waals surface area contributed by atoms with Crippen molar-refractivity contribution in [1.29, 1.82) is 0 Å². The number of fused-ring (bicyclic) bond motifs is 2. The van der Waals surface area contributed by atoms with Crippen LogP contribution in [0.3, 0.4) is 0 Å². The fourth-order valence-electron chi connectivity index (χ4n) is 9.16. The second-order valence-corrected chi connectivity index (χ2v) is 19.0. The molecule has 8 rings (SSSR count). The van der Waals surface area contributed by atoms with E-state index in [-0.39, 0.29) is 67.6 Å². The Labute approximate surface area is 452 Å². The third-order valence-electron chi connectivity index (χ3n) is 13.4. The van der Waals surface area contributed by atoms with E-state index >= 15 is 0 Å². The van der Waals surface area contributed by atoms with Gasteiger partial charge >= 0.3 is 12.1 Å². The topological polar surface area (TPSA) is 336 Å². The highest BCUT2D eigenvalue weighted by Gasteiger charge is 2.48. The van der Waals surface area contributed by atoms with E-state index in [4.69, 9.17) is 23.7 Å². The van der Waals surface area contributed by atoms with Crippen LogP contribution >= 0.6 is 0 Å². The number of carboxylic acids is 1. The molecular formula is C54H60N8O17. The van der Waals surface area contributed by atoms with Crippen molar-refractivity contribution < 1.29 is 82.5 Å². The Morgan fingerprint density at radius 3 is 2.22 bits per heavy atom. The van der Waals surface area contributed by atoms with Crippen LogP contribution in [0, 0.1) is 0 Å². The van der Waals surface area contributed by atoms with Gasteiger partial charge in [-0.15, -0.1) is 0 Å². The number of carbonyl (C=O) groups is 8. The maximum Gasteiger partial charge on any atom is 0.411 e. The van der Waals surface area contributed by atoms with Crippen LogP contribution in [0.5, 0.6) is 17.2 Å². The molecule has 0 aliphatic carbocycles. The Hall–Kier alpha value is -8.65. The van der Waals surface area contributed by atoms with E-state index in [9.17, 15) is 58.8 Å². The van der Waals surface area contributed by atoms with Crippen LogP contribution in [0.1, 0.15) is 84.2 Å². The molecule has 3 aromatic carbocycles. The number of hydrogen-bond donors (Lipinski definition) is 8. The number of aryl methyl sites for hydroxylation is 1. The molecule has 1 aromatic heterocycles. The summed E-state index contributed by atoms with van der Waals surface area (Å²) in [5.41, 5.74) is 2.61. The maximum absolute atomic E-state index is 13.3. The highest BCUT2D eigenvalue weighted by Crippen LogP contribution is 2.38. The molecule has 6 atom stereocenters. The third kappa shape index (κ3) is 14.1. The minimum atomic E-state index is -1.97. The van der Waals surface area contributed by atoms with Gasteiger partial charge in [0.1, 0.15) is 36.4 Å². The fourth-order valence-corrected chi connectivity index (χ4v) is 9.16. The Bertz CT molecular complexity index is 3010. The number of aliphatic imine (C=N–C) groups is 1. The lowest BCUT2D eigenvalue weighted by Crippen LogP contribution is -2.61. The van der Waals surface area contributed by atoms with Crippen molar-refractivity contribution in [3.8, 4) is 17.2 Å². The molecule has 25 nitrogen and oxygen atoms in total. The molecule has 4 aliphatic rings. The maximum atomic E-state index is 13.3. The van der Waals surface area contributed by atoms with Gasteiger partial charge in [-0.1, -0.05) is 12.5 Å². The van der Waals surface area contributed by atoms with E-state index in [1.54, 1.807) is 42.1 Å². The minimum absolute atomic E-state index is 0.00679. The Morgan fingerprint density at radius 2 is 1.48 bits per heavy atom. The molecule has 7 amide bonds. The molecular weight excluding hydrogens is 1030 g/mol. The molecule has 4 aromatic rings. The Kier molecular flexibility index (Phi) is 18.4. The SMILES string of the molecule is COc1cc2c(cc1OCCCC(=O)Nc1cc(C(=O)Nc3ccc(NC(=O)OCc4ccc(O[C@@H]5OC(C(=O)O)[C@@H](O)[C@H](O)[C@H]5O)c(NC(=O)CCCCCN5C(=O)C=CC5=O)c4)cc3)n(C)c1)N=C[C@@H]1CCCCN1C2=O. The third-order valence-corrected chi connectivity index (χ3v) is 13.4. The van der Waals surface area contributed by atoms with Gasteiger partial charge in [0.05, 0.1) is 42.4 Å². The number of rotatable bonds is 22. The second kappa shape index (κ2) is 25.7. The molecule has 418 valence electrons. The number of ether oxygens (including phenoxy) is 5. The van der Waals surface area contributed by atoms with Crippen molar-refractivity contribution in [2.75, 3.05) is 48.1 Å². The summed E-state index contributed by atoms with van der Waals surface area (Å²) in [4.78, 5) is 109. The van der Waals surface area contributed by atoms with Crippen molar-refractivity contribution in [1.82, 2.24) is 14.4 Å². The predicted octanol–water partition coefficient (Wildman–Crippen LogP) is 4.24. The quantitative estimate of drug-likeness (QED) is 0.0403. The molecule has 0 radical (unpaired) electrons. The number of carboxylic acid groups (broad SMARTS) is 1. The number of benzene rings is 3. The number of imide groups is 1. The van der Waals surface area contributed by atoms with Crippen LogP contribution < -0.4 is 35.5 Å². The number of carbonyl (C=O) groups excluding carboxylic acids is 7. The first kappa shape index (κ1) is 56.6. The van der Waals surface area contributed by atoms with Gasteiger partial charge in [-0.05, 0) is 92.6 Å². The largest absolute Gasteiger partial charge is 0.493 e. The molecule has 25 heteroatoms. The average Bonchev–Trinajstić information content (AvgIpc) is 3.99. The molecule has 4 aliphatic heterocycles. The molecule has 2 fully saturated rings. The normalized spacial score (nSPS) is 20.4. The van der Waals surface area contributed by atoms with E-state index in [2.05, 4.69) is 26.3 Å². The van der Waals surface area contributed by atoms with E-state index in [1.807, 2.05) is 11.1 Å². The van der Waals surface area contributed by atoms with Gasteiger partial charge < -0.3 is 69.5 Å². The van der Waals surface area contributed by atoms with Crippen LogP contribution in [0.25, 0.3) is 0 Å². The summed E-state index contributed by atoms with van der Waals surface area (Å²) >= 11 is 0. The second-order valence-electron chi connectivity index (χ2n) is 19.0. The van der Waals surface area contributed by atoms with Crippen molar-refractivity contribution in [2.24, 2.45) is 12.0 Å². The summed E-state index contributed by atoms with van der Waals surface area (Å²) in [6, 6.07) is 15.1. The lowest BCUT2D eigenvalue weighted by Gasteiger charge is -2.38. The zero-order valence-electron chi connectivity index (χ0n) is 43.1. The highest BCUT2D eigenvalue weighted by molar-refractivity contribution is 6.13. The van der Waals surface area contributed by atoms with Crippen molar-refractivity contribution >= 4 is 82.2 Å². The van der Waals surface area contributed by atoms with Crippen LogP contribution in [-0.4, -0.2) is 152 Å². The van der Waals surface area contributed by atoms with Crippen LogP contribution in [0.15, 0.2) is 84.0 Å². The summed E-state index contributed by atoms with van der Waals surface area (Å²) in [6.45, 7) is 0.699. The van der Waals surface area contributed by atoms with E-state index in [0.717, 1.165) is 24.2 Å². The number of nitrogens with one attached hydrogen (secondary N) is 4. The number of hydrogen-bond acceptors (Lipinski definition) is 17. The van der Waals surface area contributed by atoms with Gasteiger partial charge in [0.15, 0.2) is 17.6 Å². The van der Waals surface area contributed by atoms with E-state index in [0.29, 0.717) is 77.6 Å². The summed E-state index contributed by atoms with van der Waals surface area (Å²) in [7, 11) is 3.14. The first-order valence-electron chi connectivity index (χ1n) is 25.5. The van der Waals surface area contributed by atoms with Crippen LogP contribution in [0.2, 0.25) is 0 Å². The smallest absolute Gasteiger partial charge is 0.411 e. The molecule has 0 saturated carbocycles. The van der Waals surface area contributed by atoms with E-state index in [1.165, 1.54) is 55.7 Å². The molecule has 5 heterocycles. The lowest BCUT2D eigenvalue weighted by atomic mass is 9.99. The number of anilines is 4. The highest BCUT2D eigenvalue weighted by atomic mass is 16.7. The van der Waals surface area contributed by atoms with Crippen LogP contribution in [0.4, 0.5) is 33.2 Å². The fraction of sp³-hybridized carbons (Fsp3) is 0.389. The zero-order chi connectivity index (χ0) is 56.3. The number of aliphatic hydroxyl groups is 3. The first-order valence-corrected chi connectivity index (χ1v) is 25.5. The Balaban J connectivity index is 0.799. The number of aliphatic hydroxyl groups excluding tert-OH is 3. The summed E-state index contributed by atoms with van der Waals surface area (Å²) in [6.07, 6.45) is -0.115. The first-order chi connectivity index (χ1) is 38.0. The number of amides is 7. The number of piperidine rings is 1. The average molecular weight is 1090 g/mol. The van der Waals surface area contributed by atoms with Gasteiger partial charge in [0.25, 0.3) is 23.6 Å². The standard InChI is InChI=1S/C54H60N8O17/c1-60-28-33(56-42(63)11-8-22-76-41-26-36-35(25-40(41)75-2)51(71)61-20-7-5-9-34(61)27-55-36)24-38(60)50(70)57-31-13-15-32(16-14-31)58-54(74)77-29-30-12-17-39(78-53-48(69)46(67)47(68)49(79-53)52(72)73)37(23-30)59-43(64)10-4-3-6-21-62-44(65)18-19-45(62)66/h12-19,23-28,34,46-49,53,67-69H,3-11,20-22,29H2,1-2H3,(H,56,63)(H,57,70)(H,58,74)(H,59,64)(H,72,73)/t34-,46-,47-,48+,49?,53+/m0/s1. The number of nitrogens with zero attached hydrogens (tertiary/aromatic N) is 4. The number of aromatic nitrogens is 1. The van der Waals surface area contributed by atoms with Gasteiger partial charge in [-0.2, -0.15) is 0 Å². The summed E-state index contributed by atoms with van der Waals surface area (Å²) in [5.74, 6) is -3.17. The molecule has 0 bridgehead atoms. The van der Waals surface area contributed by atoms with Crippen molar-refractivity contribution in [3.05, 3.63) is 95.8 Å². The van der Waals surface area contributed by atoms with Gasteiger partial charge in [0, 0.05) is 75.0 Å². The predicted molar refractivity (Wildman–Crippen MR) is 281 cm³/mol. The van der Waals surface area contributed by atoms with Gasteiger partial charge in [-0.3, -0.25) is 44.0 Å². The van der Waals surface area contributed by atoms with Crippen molar-refractivity contribution in [2.45, 2.75) is 101 Å². The zero-order valence-corrected chi connectivity index (χ0v) is 43.1. The number of aliphatic carboxylic acids is 1. The van der Waals surface area contributed by atoms with E-state index < -0.39 is 66.4 Å². The molecule has 1 unspecified atom stereocenters. The van der Waals surface area contributed by atoms with Crippen molar-refractivity contribution in [3.63, 3.8) is 0 Å². The minimum Gasteiger partial charge on any atom is -0.493 e. The Morgan fingerprint density at radius 1 is 0.759 bits per heavy atom. The monoisotopic (exact) mass is 1090 g/mol. The number of unbranched alkanes of at least 4 members (excludes halogenated alkanes) is 2. The van der Waals surface area contributed by atoms with Gasteiger partial charge in [-0.25, -0.2) is 9.59 Å². The summed E-state index contributed by atoms with van der Waals surface area (Å²) in [5, 5.41) is 51.4. The molecule has 79 heavy (non-hydrogen) atoms. The molecule has 0 spiro atoms. The van der Waals surface area contributed by atoms with Gasteiger partial charge in [0.2, 0.25) is 18.1 Å². The number of methoxy groups -OCH3 is 1. The lowest BCUT2D eigenvalue weighted by molar-refractivity contribution is -0.271. The molecule has 2 saturated heterocycles.